The Morgan fingerprint density at radius 2 is 1.96 bits per heavy atom. The van der Waals surface area contributed by atoms with Crippen LogP contribution in [0.5, 0.6) is 0 Å². The van der Waals surface area contributed by atoms with Crippen LogP contribution in [0.4, 0.5) is 0 Å². The molecule has 0 aliphatic heterocycles. The summed E-state index contributed by atoms with van der Waals surface area (Å²) in [4.78, 5) is 25.3. The van der Waals surface area contributed by atoms with Crippen molar-refractivity contribution in [2.75, 3.05) is 6.61 Å². The molecule has 0 spiro atoms. The van der Waals surface area contributed by atoms with E-state index in [2.05, 4.69) is 10.2 Å². The number of aryl methyl sites for hydroxylation is 1. The number of carbonyl (C=O) groups excluding carboxylic acids is 1. The fourth-order valence-corrected chi connectivity index (χ4v) is 2.84. The lowest BCUT2D eigenvalue weighted by Crippen LogP contribution is -2.34. The van der Waals surface area contributed by atoms with Crippen LogP contribution in [0.2, 0.25) is 0 Å². The minimum absolute atomic E-state index is 0.257. The molecular weight excluding hydrogens is 320 g/mol. The van der Waals surface area contributed by atoms with Gasteiger partial charge < -0.3 is 4.74 Å². The van der Waals surface area contributed by atoms with Gasteiger partial charge in [-0.25, -0.2) is 14.2 Å². The van der Waals surface area contributed by atoms with Crippen LogP contribution in [0.15, 0.2) is 41.3 Å². The highest BCUT2D eigenvalue weighted by Crippen LogP contribution is 2.19. The summed E-state index contributed by atoms with van der Waals surface area (Å²) in [6.45, 7) is 5.61. The zero-order valence-electron chi connectivity index (χ0n) is 14.5. The van der Waals surface area contributed by atoms with Crippen molar-refractivity contribution in [2.24, 2.45) is 0 Å². The Labute approximate surface area is 144 Å². The highest BCUT2D eigenvalue weighted by molar-refractivity contribution is 5.82. The molecule has 25 heavy (non-hydrogen) atoms. The molecule has 0 bridgehead atoms. The van der Waals surface area contributed by atoms with Gasteiger partial charge in [0.1, 0.15) is 5.52 Å². The Hall–Kier alpha value is -2.96. The predicted molar refractivity (Wildman–Crippen MR) is 93.8 cm³/mol. The van der Waals surface area contributed by atoms with Crippen molar-refractivity contribution in [1.82, 2.24) is 19.6 Å². The normalized spacial score (nSPS) is 12.3. The number of nitrogens with zero attached hydrogens (tertiary/aromatic N) is 4. The van der Waals surface area contributed by atoms with Gasteiger partial charge in [0, 0.05) is 5.39 Å². The second kappa shape index (κ2) is 6.88. The number of ether oxygens (including phenoxy) is 1. The molecule has 0 aliphatic rings. The maximum absolute atomic E-state index is 13.1. The smallest absolute Gasteiger partial charge is 0.331 e. The molecule has 130 valence electrons. The van der Waals surface area contributed by atoms with Crippen molar-refractivity contribution >= 4 is 16.9 Å². The first kappa shape index (κ1) is 16.9. The van der Waals surface area contributed by atoms with Crippen LogP contribution in [0.3, 0.4) is 0 Å². The van der Waals surface area contributed by atoms with Crippen LogP contribution < -0.4 is 5.56 Å². The van der Waals surface area contributed by atoms with E-state index in [1.807, 2.05) is 37.3 Å². The highest BCUT2D eigenvalue weighted by Gasteiger charge is 2.25. The lowest BCUT2D eigenvalue weighted by atomic mass is 10.2. The molecule has 0 saturated heterocycles. The number of hydrogen-bond donors (Lipinski definition) is 0. The summed E-state index contributed by atoms with van der Waals surface area (Å²) in [7, 11) is 0. The zero-order chi connectivity index (χ0) is 18.0. The van der Waals surface area contributed by atoms with Gasteiger partial charge in [0.25, 0.3) is 5.56 Å². The first-order chi connectivity index (χ1) is 12.1. The van der Waals surface area contributed by atoms with E-state index in [0.29, 0.717) is 23.0 Å². The molecule has 1 atom stereocenters. The molecule has 3 rings (SSSR count). The minimum Gasteiger partial charge on any atom is -0.464 e. The van der Waals surface area contributed by atoms with Gasteiger partial charge in [-0.05, 0) is 32.4 Å². The summed E-state index contributed by atoms with van der Waals surface area (Å²) in [6.07, 6.45) is 2.04. The van der Waals surface area contributed by atoms with Gasteiger partial charge in [-0.1, -0.05) is 25.1 Å². The number of aromatic nitrogens is 4. The second-order valence-electron chi connectivity index (χ2n) is 5.67. The fraction of sp³-hybridized carbons (Fsp3) is 0.333. The number of carbonyl (C=O) groups is 1. The average Bonchev–Trinajstić information content (AvgIpc) is 3.07. The van der Waals surface area contributed by atoms with Crippen LogP contribution in [0.25, 0.3) is 16.6 Å². The predicted octanol–water partition coefficient (Wildman–Crippen LogP) is 2.40. The van der Waals surface area contributed by atoms with E-state index in [0.717, 1.165) is 5.69 Å². The van der Waals surface area contributed by atoms with Crippen molar-refractivity contribution in [1.29, 1.82) is 0 Å². The SMILES string of the molecule is CCOC(=O)C(CC)n1nc(C)c2cnn(-c3ccccc3)c2c1=O. The summed E-state index contributed by atoms with van der Waals surface area (Å²) < 4.78 is 7.89. The van der Waals surface area contributed by atoms with E-state index in [1.165, 1.54) is 4.68 Å². The van der Waals surface area contributed by atoms with Gasteiger partial charge in [0.2, 0.25) is 0 Å². The topological polar surface area (TPSA) is 79.0 Å². The number of fused-ring (bicyclic) bond motifs is 1. The maximum atomic E-state index is 13.1. The average molecular weight is 340 g/mol. The molecule has 2 heterocycles. The Bertz CT molecular complexity index is 960. The molecule has 0 radical (unpaired) electrons. The Balaban J connectivity index is 2.24. The number of benzene rings is 1. The minimum atomic E-state index is -0.755. The molecule has 1 unspecified atom stereocenters. The Morgan fingerprint density at radius 1 is 1.24 bits per heavy atom. The largest absolute Gasteiger partial charge is 0.464 e. The standard InChI is InChI=1S/C18H20N4O3/c1-4-15(18(24)25-5-2)22-17(23)16-14(12(3)20-22)11-19-21(16)13-9-7-6-8-10-13/h6-11,15H,4-5H2,1-3H3. The van der Waals surface area contributed by atoms with Crippen LogP contribution in [-0.4, -0.2) is 32.1 Å². The zero-order valence-corrected chi connectivity index (χ0v) is 14.5. The first-order valence-electron chi connectivity index (χ1n) is 8.27. The number of para-hydroxylation sites is 1. The van der Waals surface area contributed by atoms with E-state index < -0.39 is 12.0 Å². The molecular formula is C18H20N4O3. The van der Waals surface area contributed by atoms with Crippen LogP contribution >= 0.6 is 0 Å². The summed E-state index contributed by atoms with van der Waals surface area (Å²) in [5.41, 5.74) is 1.46. The summed E-state index contributed by atoms with van der Waals surface area (Å²) in [5.74, 6) is -0.455. The summed E-state index contributed by atoms with van der Waals surface area (Å²) in [5, 5.41) is 9.34. The van der Waals surface area contributed by atoms with Crippen LogP contribution in [0, 0.1) is 6.92 Å². The number of rotatable bonds is 5. The maximum Gasteiger partial charge on any atom is 0.331 e. The molecule has 0 fully saturated rings. The Morgan fingerprint density at radius 3 is 2.60 bits per heavy atom. The molecule has 7 nitrogen and oxygen atoms in total. The third kappa shape index (κ3) is 2.93. The van der Waals surface area contributed by atoms with E-state index in [-0.39, 0.29) is 12.2 Å². The quantitative estimate of drug-likeness (QED) is 0.666. The van der Waals surface area contributed by atoms with Crippen LogP contribution in [-0.2, 0) is 9.53 Å². The monoisotopic (exact) mass is 340 g/mol. The molecule has 0 N–H and O–H groups in total. The second-order valence-corrected chi connectivity index (χ2v) is 5.67. The van der Waals surface area contributed by atoms with Gasteiger partial charge in [0.15, 0.2) is 6.04 Å². The van der Waals surface area contributed by atoms with Gasteiger partial charge >= 0.3 is 5.97 Å². The molecule has 1 aromatic carbocycles. The number of esters is 1. The molecule has 3 aromatic rings. The fourth-order valence-electron chi connectivity index (χ4n) is 2.84. The first-order valence-corrected chi connectivity index (χ1v) is 8.27. The highest BCUT2D eigenvalue weighted by atomic mass is 16.5. The van der Waals surface area contributed by atoms with Gasteiger partial charge in [0.05, 0.1) is 24.2 Å². The van der Waals surface area contributed by atoms with E-state index in [1.54, 1.807) is 24.7 Å². The van der Waals surface area contributed by atoms with Gasteiger partial charge in [-0.15, -0.1) is 0 Å². The van der Waals surface area contributed by atoms with Crippen molar-refractivity contribution in [3.63, 3.8) is 0 Å². The van der Waals surface area contributed by atoms with E-state index in [4.69, 9.17) is 4.74 Å². The molecule has 0 amide bonds. The van der Waals surface area contributed by atoms with E-state index >= 15 is 0 Å². The Kier molecular flexibility index (Phi) is 4.65. The lowest BCUT2D eigenvalue weighted by Gasteiger charge is -2.16. The van der Waals surface area contributed by atoms with Crippen molar-refractivity contribution < 1.29 is 9.53 Å². The third-order valence-corrected chi connectivity index (χ3v) is 4.07. The van der Waals surface area contributed by atoms with E-state index in [9.17, 15) is 9.59 Å². The summed E-state index contributed by atoms with van der Waals surface area (Å²) in [6, 6.07) is 8.64. The lowest BCUT2D eigenvalue weighted by molar-refractivity contribution is -0.147. The van der Waals surface area contributed by atoms with Gasteiger partial charge in [-0.2, -0.15) is 10.2 Å². The summed E-state index contributed by atoms with van der Waals surface area (Å²) >= 11 is 0. The molecule has 2 aromatic heterocycles. The van der Waals surface area contributed by atoms with Crippen molar-refractivity contribution in [2.45, 2.75) is 33.2 Å². The van der Waals surface area contributed by atoms with Crippen LogP contribution in [0.1, 0.15) is 32.0 Å². The number of hydrogen-bond acceptors (Lipinski definition) is 5. The van der Waals surface area contributed by atoms with Crippen molar-refractivity contribution in [3.05, 3.63) is 52.6 Å². The van der Waals surface area contributed by atoms with Crippen molar-refractivity contribution in [3.8, 4) is 5.69 Å². The molecule has 0 aliphatic carbocycles. The van der Waals surface area contributed by atoms with Gasteiger partial charge in [-0.3, -0.25) is 4.79 Å². The molecule has 0 saturated carbocycles. The third-order valence-electron chi connectivity index (χ3n) is 4.07. The molecule has 7 heteroatoms.